The topological polar surface area (TPSA) is 18.5 Å². The molecule has 2 nitrogen and oxygen atoms in total. The lowest BCUT2D eigenvalue weighted by molar-refractivity contribution is -0.0587. The Morgan fingerprint density at radius 1 is 1.15 bits per heavy atom. The molecule has 0 N–H and O–H groups in total. The number of hydrogen-bond donors (Lipinski definition) is 0. The van der Waals surface area contributed by atoms with Gasteiger partial charge in [-0.3, -0.25) is 0 Å². The molecule has 3 aliphatic rings. The van der Waals surface area contributed by atoms with Crippen LogP contribution in [0.5, 0.6) is 0 Å². The molecule has 2 bridgehead atoms. The van der Waals surface area contributed by atoms with Crippen LogP contribution in [0.15, 0.2) is 12.2 Å². The van der Waals surface area contributed by atoms with Crippen LogP contribution >= 0.6 is 0 Å². The summed E-state index contributed by atoms with van der Waals surface area (Å²) in [5.74, 6) is 3.49. The third-order valence-corrected chi connectivity index (χ3v) is 5.88. The van der Waals surface area contributed by atoms with Crippen molar-refractivity contribution in [2.45, 2.75) is 65.3 Å². The highest BCUT2D eigenvalue weighted by Gasteiger charge is 2.44. The molecule has 1 saturated heterocycles. The van der Waals surface area contributed by atoms with Crippen molar-refractivity contribution in [3.05, 3.63) is 12.2 Å². The van der Waals surface area contributed by atoms with E-state index in [2.05, 4.69) is 39.8 Å². The van der Waals surface area contributed by atoms with Gasteiger partial charge in [0.1, 0.15) is 0 Å². The van der Waals surface area contributed by atoms with E-state index < -0.39 is 0 Å². The molecule has 20 heavy (non-hydrogen) atoms. The van der Waals surface area contributed by atoms with E-state index in [1.165, 1.54) is 19.3 Å². The molecular weight excluding hydrogens is 248 g/mol. The zero-order chi connectivity index (χ0) is 14.3. The largest absolute Gasteiger partial charge is 0.377 e. The summed E-state index contributed by atoms with van der Waals surface area (Å²) in [6.07, 6.45) is 9.55. The number of rotatable bonds is 4. The molecule has 2 aliphatic heterocycles. The Hall–Kier alpha value is -0.340. The maximum absolute atomic E-state index is 6.42. The highest BCUT2D eigenvalue weighted by atomic mass is 16.5. The van der Waals surface area contributed by atoms with E-state index in [0.717, 1.165) is 24.4 Å². The van der Waals surface area contributed by atoms with Crippen molar-refractivity contribution in [1.29, 1.82) is 0 Å². The van der Waals surface area contributed by atoms with E-state index in [1.54, 1.807) is 0 Å². The van der Waals surface area contributed by atoms with Gasteiger partial charge in [0.2, 0.25) is 0 Å². The van der Waals surface area contributed by atoms with Crippen molar-refractivity contribution < 1.29 is 9.47 Å². The van der Waals surface area contributed by atoms with Crippen LogP contribution in [-0.2, 0) is 9.47 Å². The molecule has 1 aliphatic carbocycles. The molecule has 0 amide bonds. The molecule has 0 radical (unpaired) electrons. The van der Waals surface area contributed by atoms with Crippen LogP contribution in [0, 0.1) is 29.6 Å². The second-order valence-electron chi connectivity index (χ2n) is 7.67. The summed E-state index contributed by atoms with van der Waals surface area (Å²) in [6, 6.07) is 0. The molecular formula is C18H30O2. The van der Waals surface area contributed by atoms with Crippen LogP contribution in [0.4, 0.5) is 0 Å². The average Bonchev–Trinajstić information content (AvgIpc) is 2.97. The van der Waals surface area contributed by atoms with Crippen LogP contribution in [-0.4, -0.2) is 24.9 Å². The summed E-state index contributed by atoms with van der Waals surface area (Å²) < 4.78 is 12.4. The van der Waals surface area contributed by atoms with Crippen molar-refractivity contribution in [2.75, 3.05) is 6.61 Å². The predicted molar refractivity (Wildman–Crippen MR) is 81.5 cm³/mol. The molecule has 114 valence electrons. The van der Waals surface area contributed by atoms with Crippen LogP contribution < -0.4 is 0 Å². The van der Waals surface area contributed by atoms with Gasteiger partial charge in [-0.05, 0) is 36.5 Å². The molecule has 0 aromatic rings. The van der Waals surface area contributed by atoms with Gasteiger partial charge in [0.15, 0.2) is 0 Å². The van der Waals surface area contributed by atoms with Crippen LogP contribution in [0.2, 0.25) is 0 Å². The average molecular weight is 278 g/mol. The minimum atomic E-state index is 0.313. The third-order valence-electron chi connectivity index (χ3n) is 5.88. The van der Waals surface area contributed by atoms with Crippen LogP contribution in [0.25, 0.3) is 0 Å². The van der Waals surface area contributed by atoms with E-state index in [1.807, 2.05) is 0 Å². The Kier molecular flexibility index (Phi) is 4.24. The minimum Gasteiger partial charge on any atom is -0.377 e. The van der Waals surface area contributed by atoms with Gasteiger partial charge in [-0.2, -0.15) is 0 Å². The van der Waals surface area contributed by atoms with Gasteiger partial charge in [-0.15, -0.1) is 0 Å². The molecule has 2 fully saturated rings. The van der Waals surface area contributed by atoms with E-state index in [0.29, 0.717) is 30.1 Å². The Morgan fingerprint density at radius 2 is 1.90 bits per heavy atom. The quantitative estimate of drug-likeness (QED) is 0.722. The second kappa shape index (κ2) is 5.81. The summed E-state index contributed by atoms with van der Waals surface area (Å²) in [7, 11) is 0. The molecule has 0 aromatic heterocycles. The molecule has 0 spiro atoms. The zero-order valence-corrected chi connectivity index (χ0v) is 13.4. The molecule has 7 atom stereocenters. The lowest BCUT2D eigenvalue weighted by Gasteiger charge is -2.38. The molecule has 2 heterocycles. The number of ether oxygens (including phenoxy) is 2. The fraction of sp³-hybridized carbons (Fsp3) is 0.889. The highest BCUT2D eigenvalue weighted by Crippen LogP contribution is 2.40. The Morgan fingerprint density at radius 3 is 2.55 bits per heavy atom. The van der Waals surface area contributed by atoms with E-state index in [9.17, 15) is 0 Å². The van der Waals surface area contributed by atoms with Gasteiger partial charge in [-0.25, -0.2) is 0 Å². The van der Waals surface area contributed by atoms with Crippen molar-refractivity contribution in [2.24, 2.45) is 29.6 Å². The summed E-state index contributed by atoms with van der Waals surface area (Å²) in [5, 5.41) is 0. The normalized spacial score (nSPS) is 47.4. The van der Waals surface area contributed by atoms with Crippen molar-refractivity contribution in [3.8, 4) is 0 Å². The first-order valence-electron chi connectivity index (χ1n) is 8.51. The molecule has 1 saturated carbocycles. The Balaban J connectivity index is 1.57. The predicted octanol–water partition coefficient (Wildman–Crippen LogP) is 4.05. The van der Waals surface area contributed by atoms with Crippen LogP contribution in [0.3, 0.4) is 0 Å². The Bertz CT molecular complexity index is 362. The fourth-order valence-corrected chi connectivity index (χ4v) is 4.36. The number of hydrogen-bond acceptors (Lipinski definition) is 2. The summed E-state index contributed by atoms with van der Waals surface area (Å²) in [6.45, 7) is 10.3. The highest BCUT2D eigenvalue weighted by molar-refractivity contribution is 5.13. The van der Waals surface area contributed by atoms with Crippen molar-refractivity contribution in [1.82, 2.24) is 0 Å². The van der Waals surface area contributed by atoms with Gasteiger partial charge in [0, 0.05) is 5.92 Å². The minimum absolute atomic E-state index is 0.313. The van der Waals surface area contributed by atoms with Gasteiger partial charge >= 0.3 is 0 Å². The fourth-order valence-electron chi connectivity index (χ4n) is 4.36. The third kappa shape index (κ3) is 2.69. The van der Waals surface area contributed by atoms with E-state index in [-0.39, 0.29) is 0 Å². The first kappa shape index (κ1) is 14.6. The van der Waals surface area contributed by atoms with Crippen molar-refractivity contribution in [3.63, 3.8) is 0 Å². The second-order valence-corrected chi connectivity index (χ2v) is 7.67. The van der Waals surface area contributed by atoms with Gasteiger partial charge in [0.05, 0.1) is 24.9 Å². The molecule has 7 unspecified atom stereocenters. The van der Waals surface area contributed by atoms with E-state index in [4.69, 9.17) is 9.47 Å². The first-order chi connectivity index (χ1) is 9.56. The molecule has 0 aromatic carbocycles. The first-order valence-corrected chi connectivity index (χ1v) is 8.51. The zero-order valence-electron chi connectivity index (χ0n) is 13.4. The lowest BCUT2D eigenvalue weighted by atomic mass is 9.75. The summed E-state index contributed by atoms with van der Waals surface area (Å²) in [5.41, 5.74) is 0. The lowest BCUT2D eigenvalue weighted by Crippen LogP contribution is -2.37. The summed E-state index contributed by atoms with van der Waals surface area (Å²) >= 11 is 0. The maximum atomic E-state index is 6.42. The van der Waals surface area contributed by atoms with E-state index >= 15 is 0 Å². The maximum Gasteiger partial charge on any atom is 0.0818 e. The van der Waals surface area contributed by atoms with Crippen molar-refractivity contribution >= 4 is 0 Å². The van der Waals surface area contributed by atoms with Gasteiger partial charge in [0.25, 0.3) is 0 Å². The SMILES string of the molecule is CC1CCC(C(C)C)C(OCC2C3C=CC(O3)C2C)C1. The molecule has 3 rings (SSSR count). The summed E-state index contributed by atoms with van der Waals surface area (Å²) in [4.78, 5) is 0. The number of fused-ring (bicyclic) bond motifs is 2. The monoisotopic (exact) mass is 278 g/mol. The molecule has 2 heteroatoms. The van der Waals surface area contributed by atoms with Gasteiger partial charge < -0.3 is 9.47 Å². The van der Waals surface area contributed by atoms with Gasteiger partial charge in [-0.1, -0.05) is 46.3 Å². The standard InChI is InChI=1S/C18H30O2/c1-11(2)14-6-5-12(3)9-18(14)19-10-15-13(4)16-7-8-17(15)20-16/h7-8,11-18H,5-6,9-10H2,1-4H3. The smallest absolute Gasteiger partial charge is 0.0818 e. The Labute approximate surface area is 123 Å². The van der Waals surface area contributed by atoms with Crippen LogP contribution in [0.1, 0.15) is 47.0 Å².